The molecule has 0 heterocycles. The molecule has 0 saturated heterocycles. The van der Waals surface area contributed by atoms with Gasteiger partial charge in [-0.25, -0.2) is 0 Å². The third-order valence-corrected chi connectivity index (χ3v) is 5.36. The summed E-state index contributed by atoms with van der Waals surface area (Å²) >= 11 is 0. The molecule has 10 heteroatoms. The molecule has 0 aliphatic heterocycles. The minimum absolute atomic E-state index is 0.0417. The number of carbonyl (C=O) groups is 3. The summed E-state index contributed by atoms with van der Waals surface area (Å²) in [6.07, 6.45) is 4.09. The van der Waals surface area contributed by atoms with Crippen molar-refractivity contribution in [3.8, 4) is 0 Å². The maximum Gasteiger partial charge on any atom is 0.705 e. The summed E-state index contributed by atoms with van der Waals surface area (Å²) in [5, 5.41) is 26.4. The number of aliphatic hydroxyl groups excluding tert-OH is 3. The van der Waals surface area contributed by atoms with Gasteiger partial charge in [0.05, 0.1) is 6.04 Å². The Bertz CT molecular complexity index is 340. The maximum atomic E-state index is 11.4. The Morgan fingerprint density at radius 3 is 1.48 bits per heavy atom. The molecule has 0 atom stereocenters. The second-order valence-corrected chi connectivity index (χ2v) is 7.22. The molecule has 0 saturated carbocycles. The van der Waals surface area contributed by atoms with Crippen LogP contribution >= 0.6 is 0 Å². The van der Waals surface area contributed by atoms with E-state index >= 15 is 0 Å². The van der Waals surface area contributed by atoms with Crippen LogP contribution in [-0.4, -0.2) is 61.9 Å². The van der Waals surface area contributed by atoms with Crippen molar-refractivity contribution < 1.29 is 43.0 Å². The summed E-state index contributed by atoms with van der Waals surface area (Å²) in [6.45, 7) is -0.929. The smallest absolute Gasteiger partial charge is 0.453 e. The summed E-state index contributed by atoms with van der Waals surface area (Å²) in [4.78, 5) is 34.1. The largest absolute Gasteiger partial charge is 0.705 e. The monoisotopic (exact) mass is 352 g/mol. The van der Waals surface area contributed by atoms with E-state index in [2.05, 4.69) is 0 Å². The van der Waals surface area contributed by atoms with Crippen molar-refractivity contribution in [3.63, 3.8) is 0 Å². The van der Waals surface area contributed by atoms with E-state index in [1.54, 1.807) is 0 Å². The number of unbranched alkanes of at least 4 members (excludes halogenated alkanes) is 4. The molecule has 3 N–H and O–H groups in total. The Labute approximate surface area is 135 Å². The maximum absolute atomic E-state index is 11.4. The summed E-state index contributed by atoms with van der Waals surface area (Å²) in [7, 11) is -4.14. The van der Waals surface area contributed by atoms with Gasteiger partial charge in [-0.2, -0.15) is 0 Å². The van der Waals surface area contributed by atoms with E-state index in [-0.39, 0.29) is 6.04 Å². The molecule has 0 rings (SSSR count). The van der Waals surface area contributed by atoms with Gasteiger partial charge in [-0.15, -0.1) is 0 Å². The molecule has 9 nitrogen and oxygen atoms in total. The Kier molecular flexibility index (Phi) is 11.2. The van der Waals surface area contributed by atoms with Crippen LogP contribution in [-0.2, 0) is 27.7 Å². The Morgan fingerprint density at radius 1 is 0.739 bits per heavy atom. The van der Waals surface area contributed by atoms with E-state index in [9.17, 15) is 14.4 Å². The van der Waals surface area contributed by atoms with Crippen molar-refractivity contribution in [2.24, 2.45) is 0 Å². The third-order valence-electron chi connectivity index (χ3n) is 2.78. The van der Waals surface area contributed by atoms with Gasteiger partial charge in [0.25, 0.3) is 0 Å². The first-order valence-corrected chi connectivity index (χ1v) is 9.34. The molecule has 0 aromatic rings. The topological polar surface area (TPSA) is 140 Å². The second-order valence-electron chi connectivity index (χ2n) is 4.74. The van der Waals surface area contributed by atoms with Gasteiger partial charge in [0.15, 0.2) is 0 Å². The molecule has 0 amide bonds. The molecular formula is C13H24O9Si. The highest BCUT2D eigenvalue weighted by atomic mass is 28.4. The van der Waals surface area contributed by atoms with Crippen LogP contribution in [0.5, 0.6) is 0 Å². The van der Waals surface area contributed by atoms with E-state index in [4.69, 9.17) is 28.6 Å². The van der Waals surface area contributed by atoms with Gasteiger partial charge in [0.1, 0.15) is 19.8 Å². The van der Waals surface area contributed by atoms with Gasteiger partial charge in [-0.1, -0.05) is 32.6 Å². The van der Waals surface area contributed by atoms with Gasteiger partial charge in [0, 0.05) is 0 Å². The highest BCUT2D eigenvalue weighted by Gasteiger charge is 2.52. The highest BCUT2D eigenvalue weighted by Crippen LogP contribution is 2.21. The lowest BCUT2D eigenvalue weighted by atomic mass is 10.2. The first-order chi connectivity index (χ1) is 10.9. The summed E-state index contributed by atoms with van der Waals surface area (Å²) in [5.74, 6) is -3.37. The van der Waals surface area contributed by atoms with Crippen molar-refractivity contribution in [2.75, 3.05) is 19.8 Å². The van der Waals surface area contributed by atoms with Crippen molar-refractivity contribution >= 4 is 26.7 Å². The number of hydrogen-bond acceptors (Lipinski definition) is 9. The van der Waals surface area contributed by atoms with Crippen LogP contribution in [0.3, 0.4) is 0 Å². The van der Waals surface area contributed by atoms with Gasteiger partial charge >= 0.3 is 26.7 Å². The van der Waals surface area contributed by atoms with Crippen molar-refractivity contribution in [1.82, 2.24) is 0 Å². The number of hydrogen-bond donors (Lipinski definition) is 3. The van der Waals surface area contributed by atoms with Crippen molar-refractivity contribution in [1.29, 1.82) is 0 Å². The van der Waals surface area contributed by atoms with Gasteiger partial charge < -0.3 is 28.6 Å². The van der Waals surface area contributed by atoms with Crippen LogP contribution in [0.15, 0.2) is 0 Å². The van der Waals surface area contributed by atoms with Crippen molar-refractivity contribution in [2.45, 2.75) is 45.1 Å². The lowest BCUT2D eigenvalue weighted by Gasteiger charge is -2.26. The first kappa shape index (κ1) is 21.5. The molecule has 0 aromatic heterocycles. The first-order valence-electron chi connectivity index (χ1n) is 7.41. The second kappa shape index (κ2) is 12.0. The minimum atomic E-state index is -4.14. The molecule has 23 heavy (non-hydrogen) atoms. The van der Waals surface area contributed by atoms with Crippen LogP contribution < -0.4 is 0 Å². The van der Waals surface area contributed by atoms with Crippen LogP contribution in [0, 0.1) is 0 Å². The predicted octanol–water partition coefficient (Wildman–Crippen LogP) is -0.498. The van der Waals surface area contributed by atoms with Gasteiger partial charge in [0.2, 0.25) is 0 Å². The fraction of sp³-hybridized carbons (Fsp3) is 0.769. The Morgan fingerprint density at radius 2 is 1.13 bits per heavy atom. The molecular weight excluding hydrogens is 328 g/mol. The summed E-state index contributed by atoms with van der Waals surface area (Å²) in [5.41, 5.74) is 0. The number of rotatable bonds is 12. The number of aliphatic hydroxyl groups is 3. The molecule has 0 spiro atoms. The molecule has 0 aliphatic carbocycles. The van der Waals surface area contributed by atoms with Crippen LogP contribution in [0.2, 0.25) is 6.04 Å². The molecule has 0 aromatic carbocycles. The van der Waals surface area contributed by atoms with E-state index in [1.165, 1.54) is 0 Å². The SMILES string of the molecule is CCCCCCC[Si](OC(=O)CO)(OC(=O)CO)OC(=O)CO. The molecule has 0 unspecified atom stereocenters. The fourth-order valence-electron chi connectivity index (χ4n) is 1.78. The van der Waals surface area contributed by atoms with E-state index in [0.717, 1.165) is 25.7 Å². The minimum Gasteiger partial charge on any atom is -0.453 e. The normalized spacial score (nSPS) is 11.0. The van der Waals surface area contributed by atoms with Crippen LogP contribution in [0.1, 0.15) is 39.0 Å². The summed E-state index contributed by atoms with van der Waals surface area (Å²) in [6, 6.07) is -0.0417. The van der Waals surface area contributed by atoms with Gasteiger partial charge in [-0.05, 0) is 6.42 Å². The predicted molar refractivity (Wildman–Crippen MR) is 78.9 cm³/mol. The Balaban J connectivity index is 5.06. The highest BCUT2D eigenvalue weighted by molar-refractivity contribution is 6.65. The molecule has 0 bridgehead atoms. The molecule has 0 fully saturated rings. The fourth-order valence-corrected chi connectivity index (χ4v) is 4.13. The van der Waals surface area contributed by atoms with E-state index < -0.39 is 46.5 Å². The zero-order valence-electron chi connectivity index (χ0n) is 13.2. The summed E-state index contributed by atoms with van der Waals surface area (Å²) < 4.78 is 14.6. The number of carbonyl (C=O) groups excluding carboxylic acids is 3. The van der Waals surface area contributed by atoms with Crippen LogP contribution in [0.25, 0.3) is 0 Å². The zero-order chi connectivity index (χ0) is 17.7. The lowest BCUT2D eigenvalue weighted by Crippen LogP contribution is -2.51. The Hall–Kier alpha value is -1.49. The van der Waals surface area contributed by atoms with Crippen LogP contribution in [0.4, 0.5) is 0 Å². The average molecular weight is 352 g/mol. The zero-order valence-corrected chi connectivity index (χ0v) is 14.2. The van der Waals surface area contributed by atoms with Gasteiger partial charge in [-0.3, -0.25) is 14.4 Å². The quantitative estimate of drug-likeness (QED) is 0.313. The van der Waals surface area contributed by atoms with Crippen molar-refractivity contribution in [3.05, 3.63) is 0 Å². The third kappa shape index (κ3) is 9.28. The standard InChI is InChI=1S/C13H24O9Si/c1-2-3-4-5-6-7-23(20-11(17)8-14,21-12(18)9-15)22-13(19)10-16/h14-16H,2-10H2,1H3. The lowest BCUT2D eigenvalue weighted by molar-refractivity contribution is -0.154. The van der Waals surface area contributed by atoms with E-state index in [1.807, 2.05) is 6.92 Å². The molecule has 134 valence electrons. The molecule has 0 radical (unpaired) electrons. The van der Waals surface area contributed by atoms with E-state index in [0.29, 0.717) is 6.42 Å². The molecule has 0 aliphatic rings. The average Bonchev–Trinajstić information content (AvgIpc) is 2.54.